The van der Waals surface area contributed by atoms with Gasteiger partial charge in [0.15, 0.2) is 15.7 Å². The summed E-state index contributed by atoms with van der Waals surface area (Å²) in [5.74, 6) is -4.83. The molecule has 11 heteroatoms. The molecule has 1 amide bonds. The van der Waals surface area contributed by atoms with Crippen LogP contribution in [-0.4, -0.2) is 35.6 Å². The predicted octanol–water partition coefficient (Wildman–Crippen LogP) is 2.74. The molecule has 1 atom stereocenters. The van der Waals surface area contributed by atoms with Crippen LogP contribution in [-0.2, 0) is 15.4 Å². The van der Waals surface area contributed by atoms with Crippen molar-refractivity contribution in [3.05, 3.63) is 59.2 Å². The third-order valence-corrected chi connectivity index (χ3v) is 7.83. The van der Waals surface area contributed by atoms with Crippen LogP contribution in [0.25, 0.3) is 0 Å². The summed E-state index contributed by atoms with van der Waals surface area (Å²) < 4.78 is 66.6. The number of amidine groups is 1. The van der Waals surface area contributed by atoms with Gasteiger partial charge in [-0.05, 0) is 45.0 Å². The van der Waals surface area contributed by atoms with E-state index in [0.717, 1.165) is 30.5 Å². The van der Waals surface area contributed by atoms with Crippen molar-refractivity contribution in [2.75, 3.05) is 11.1 Å². The first-order valence-electron chi connectivity index (χ1n) is 8.79. The Bertz CT molecular complexity index is 1150. The largest absolute Gasteiger partial charge is 0.362 e. The Morgan fingerprint density at radius 1 is 1.17 bits per heavy atom. The minimum Gasteiger partial charge on any atom is -0.362 e. The molecule has 0 saturated carbocycles. The Labute approximate surface area is 171 Å². The van der Waals surface area contributed by atoms with Crippen molar-refractivity contribution in [1.29, 1.82) is 5.41 Å². The summed E-state index contributed by atoms with van der Waals surface area (Å²) >= 11 is 0. The summed E-state index contributed by atoms with van der Waals surface area (Å²) in [6.45, 7) is 3.93. The van der Waals surface area contributed by atoms with Gasteiger partial charge in [-0.1, -0.05) is 0 Å². The Hall–Kier alpha value is -2.95. The van der Waals surface area contributed by atoms with Crippen LogP contribution < -0.4 is 10.6 Å². The molecule has 3 rings (SSSR count). The molecule has 7 nitrogen and oxygen atoms in total. The van der Waals surface area contributed by atoms with E-state index in [1.807, 2.05) is 0 Å². The van der Waals surface area contributed by atoms with Crippen molar-refractivity contribution in [2.45, 2.75) is 31.1 Å². The zero-order chi connectivity index (χ0) is 22.5. The molecule has 1 saturated heterocycles. The molecule has 0 radical (unpaired) electrons. The van der Waals surface area contributed by atoms with Crippen LogP contribution in [0, 0.1) is 22.9 Å². The standard InChI is InChI=1S/C19H19F3N4O3S/c1-18(2)17(23)26-19(3,9-30(18,28)29)14-11(21)5-7-12(15(14)22)25-16(27)13-6-4-10(20)8-24-13/h4-8H,9H2,1-3H3,(H2,23,26)(H,25,27)/t19-/m0/s1. The van der Waals surface area contributed by atoms with Crippen molar-refractivity contribution in [3.8, 4) is 0 Å². The molecule has 0 aliphatic carbocycles. The van der Waals surface area contributed by atoms with Gasteiger partial charge in [0.2, 0.25) is 0 Å². The molecule has 160 valence electrons. The molecule has 0 unspecified atom stereocenters. The van der Waals surface area contributed by atoms with E-state index >= 15 is 4.39 Å². The number of amides is 1. The third kappa shape index (κ3) is 3.53. The Kier molecular flexibility index (Phi) is 5.13. The van der Waals surface area contributed by atoms with Crippen LogP contribution in [0.3, 0.4) is 0 Å². The zero-order valence-electron chi connectivity index (χ0n) is 16.3. The summed E-state index contributed by atoms with van der Waals surface area (Å²) in [6, 6.07) is 3.95. The number of sulfone groups is 1. The number of carbonyl (C=O) groups is 1. The molecule has 2 aromatic rings. The molecule has 1 aliphatic rings. The molecular weight excluding hydrogens is 421 g/mol. The van der Waals surface area contributed by atoms with Gasteiger partial charge in [0, 0.05) is 0 Å². The Morgan fingerprint density at radius 3 is 2.40 bits per heavy atom. The minimum absolute atomic E-state index is 0.199. The number of nitrogens with one attached hydrogen (secondary N) is 3. The maximum Gasteiger partial charge on any atom is 0.274 e. The monoisotopic (exact) mass is 440 g/mol. The summed E-state index contributed by atoms with van der Waals surface area (Å²) in [5, 5.41) is 12.9. The van der Waals surface area contributed by atoms with E-state index < -0.39 is 66.3 Å². The maximum atomic E-state index is 15.2. The number of aromatic nitrogens is 1. The van der Waals surface area contributed by atoms with E-state index in [1.165, 1.54) is 20.8 Å². The van der Waals surface area contributed by atoms with E-state index in [-0.39, 0.29) is 5.69 Å². The fraction of sp³-hybridized carbons (Fsp3) is 0.316. The number of carbonyl (C=O) groups excluding carboxylic acids is 1. The van der Waals surface area contributed by atoms with Crippen LogP contribution in [0.2, 0.25) is 0 Å². The number of hydrogen-bond acceptors (Lipinski definition) is 5. The Balaban J connectivity index is 2.02. The lowest BCUT2D eigenvalue weighted by molar-refractivity contribution is 0.102. The fourth-order valence-corrected chi connectivity index (χ4v) is 4.86. The first kappa shape index (κ1) is 21.8. The van der Waals surface area contributed by atoms with Crippen LogP contribution in [0.15, 0.2) is 30.5 Å². The van der Waals surface area contributed by atoms with Crippen molar-refractivity contribution >= 4 is 27.3 Å². The van der Waals surface area contributed by atoms with E-state index in [0.29, 0.717) is 0 Å². The van der Waals surface area contributed by atoms with Gasteiger partial charge in [-0.3, -0.25) is 10.2 Å². The van der Waals surface area contributed by atoms with Gasteiger partial charge in [0.25, 0.3) is 5.91 Å². The molecule has 1 fully saturated rings. The molecule has 1 aromatic heterocycles. The van der Waals surface area contributed by atoms with Crippen LogP contribution in [0.4, 0.5) is 18.9 Å². The highest BCUT2D eigenvalue weighted by molar-refractivity contribution is 7.93. The van der Waals surface area contributed by atoms with Gasteiger partial charge >= 0.3 is 0 Å². The van der Waals surface area contributed by atoms with E-state index in [9.17, 15) is 22.0 Å². The number of hydrogen-bond donors (Lipinski definition) is 3. The highest BCUT2D eigenvalue weighted by Crippen LogP contribution is 2.37. The van der Waals surface area contributed by atoms with Crippen LogP contribution >= 0.6 is 0 Å². The molecular formula is C19H19F3N4O3S. The summed E-state index contributed by atoms with van der Waals surface area (Å²) in [6.07, 6.45) is 0.812. The molecule has 1 aliphatic heterocycles. The lowest BCUT2D eigenvalue weighted by Crippen LogP contribution is -2.64. The first-order valence-corrected chi connectivity index (χ1v) is 10.4. The second-order valence-corrected chi connectivity index (χ2v) is 10.2. The fourth-order valence-electron chi connectivity index (χ4n) is 3.16. The average Bonchev–Trinajstić information content (AvgIpc) is 2.62. The number of halogens is 3. The zero-order valence-corrected chi connectivity index (χ0v) is 17.1. The van der Waals surface area contributed by atoms with Gasteiger partial charge < -0.3 is 10.6 Å². The third-order valence-electron chi connectivity index (χ3n) is 5.11. The van der Waals surface area contributed by atoms with Crippen LogP contribution in [0.1, 0.15) is 36.8 Å². The highest BCUT2D eigenvalue weighted by atomic mass is 32.2. The molecule has 1 aromatic carbocycles. The van der Waals surface area contributed by atoms with Gasteiger partial charge in [0.05, 0.1) is 28.7 Å². The smallest absolute Gasteiger partial charge is 0.274 e. The van der Waals surface area contributed by atoms with Gasteiger partial charge in [-0.25, -0.2) is 26.6 Å². The van der Waals surface area contributed by atoms with Gasteiger partial charge in [0.1, 0.15) is 27.9 Å². The second-order valence-electron chi connectivity index (χ2n) is 7.70. The minimum atomic E-state index is -3.94. The van der Waals surface area contributed by atoms with Crippen molar-refractivity contribution < 1.29 is 26.4 Å². The molecule has 3 N–H and O–H groups in total. The SMILES string of the molecule is CC1(C)C(=N)N[C@](C)(c2c(F)ccc(NC(=O)c3ccc(F)cn3)c2F)CS1(=O)=O. The van der Waals surface area contributed by atoms with E-state index in [1.54, 1.807) is 0 Å². The summed E-state index contributed by atoms with van der Waals surface area (Å²) in [4.78, 5) is 15.9. The highest BCUT2D eigenvalue weighted by Gasteiger charge is 2.52. The first-order chi connectivity index (χ1) is 13.8. The van der Waals surface area contributed by atoms with Gasteiger partial charge in [-0.2, -0.15) is 0 Å². The van der Waals surface area contributed by atoms with Crippen LogP contribution in [0.5, 0.6) is 0 Å². The van der Waals surface area contributed by atoms with E-state index in [2.05, 4.69) is 15.6 Å². The number of nitrogens with zero attached hydrogens (tertiary/aromatic N) is 1. The number of anilines is 1. The van der Waals surface area contributed by atoms with E-state index in [4.69, 9.17) is 5.41 Å². The van der Waals surface area contributed by atoms with Crippen molar-refractivity contribution in [2.24, 2.45) is 0 Å². The summed E-state index contributed by atoms with van der Waals surface area (Å²) in [7, 11) is -3.94. The van der Waals surface area contributed by atoms with Gasteiger partial charge in [-0.15, -0.1) is 0 Å². The second kappa shape index (κ2) is 7.08. The average molecular weight is 440 g/mol. The number of benzene rings is 1. The quantitative estimate of drug-likeness (QED) is 0.680. The number of rotatable bonds is 3. The Morgan fingerprint density at radius 2 is 1.83 bits per heavy atom. The molecule has 2 heterocycles. The maximum absolute atomic E-state index is 15.2. The van der Waals surface area contributed by atoms with Crippen molar-refractivity contribution in [1.82, 2.24) is 10.3 Å². The predicted molar refractivity (Wildman–Crippen MR) is 105 cm³/mol. The topological polar surface area (TPSA) is 112 Å². The lowest BCUT2D eigenvalue weighted by Gasteiger charge is -2.43. The lowest BCUT2D eigenvalue weighted by atomic mass is 9.90. The molecule has 0 spiro atoms. The normalized spacial score (nSPS) is 22.3. The molecule has 30 heavy (non-hydrogen) atoms. The summed E-state index contributed by atoms with van der Waals surface area (Å²) in [5.41, 5.74) is -3.03. The molecule has 0 bridgehead atoms. The number of pyridine rings is 1. The van der Waals surface area contributed by atoms with Crippen molar-refractivity contribution in [3.63, 3.8) is 0 Å².